The predicted octanol–water partition coefficient (Wildman–Crippen LogP) is 4.28. The first-order valence-corrected chi connectivity index (χ1v) is 11.4. The molecule has 1 N–H and O–H groups in total. The molecule has 6 nitrogen and oxygen atoms in total. The van der Waals surface area contributed by atoms with Crippen molar-refractivity contribution in [3.05, 3.63) is 89.5 Å². The molecular weight excluding hydrogens is 412 g/mol. The van der Waals surface area contributed by atoms with Gasteiger partial charge in [0.1, 0.15) is 0 Å². The molecular formula is C24H22N2O4S. The number of fused-ring (bicyclic) bond motifs is 1. The number of carbonyl (C=O) groups is 2. The second kappa shape index (κ2) is 8.00. The van der Waals surface area contributed by atoms with Crippen molar-refractivity contribution in [1.29, 1.82) is 0 Å². The third kappa shape index (κ3) is 4.09. The molecule has 1 unspecified atom stereocenters. The van der Waals surface area contributed by atoms with Crippen LogP contribution in [0.15, 0.2) is 77.7 Å². The van der Waals surface area contributed by atoms with Crippen LogP contribution >= 0.6 is 0 Å². The minimum atomic E-state index is -3.81. The fraction of sp³-hybridized carbons (Fsp3) is 0.167. The average molecular weight is 435 g/mol. The molecule has 1 amide bonds. The Hall–Kier alpha value is -3.45. The maximum atomic E-state index is 13.1. The molecule has 0 saturated carbocycles. The molecule has 3 aromatic carbocycles. The van der Waals surface area contributed by atoms with E-state index in [9.17, 15) is 18.0 Å². The molecule has 4 rings (SSSR count). The van der Waals surface area contributed by atoms with E-state index in [1.54, 1.807) is 29.2 Å². The van der Waals surface area contributed by atoms with Crippen LogP contribution in [0.2, 0.25) is 0 Å². The lowest BCUT2D eigenvalue weighted by atomic mass is 10.1. The number of ketones is 1. The van der Waals surface area contributed by atoms with Gasteiger partial charge in [0, 0.05) is 28.5 Å². The molecule has 0 aliphatic carbocycles. The quantitative estimate of drug-likeness (QED) is 0.608. The molecule has 0 aromatic heterocycles. The minimum absolute atomic E-state index is 0.0557. The summed E-state index contributed by atoms with van der Waals surface area (Å²) < 4.78 is 27.7. The number of nitrogens with zero attached hydrogens (tertiary/aromatic N) is 1. The molecule has 158 valence electrons. The van der Waals surface area contributed by atoms with Crippen molar-refractivity contribution < 1.29 is 18.0 Å². The summed E-state index contributed by atoms with van der Waals surface area (Å²) in [5, 5.41) is 0. The van der Waals surface area contributed by atoms with Gasteiger partial charge in [-0.3, -0.25) is 14.3 Å². The Balaban J connectivity index is 1.52. The summed E-state index contributed by atoms with van der Waals surface area (Å²) in [4.78, 5) is 26.3. The summed E-state index contributed by atoms with van der Waals surface area (Å²) >= 11 is 0. The Bertz CT molecular complexity index is 1250. The van der Waals surface area contributed by atoms with Gasteiger partial charge in [0.2, 0.25) is 0 Å². The Morgan fingerprint density at radius 1 is 0.903 bits per heavy atom. The lowest BCUT2D eigenvalue weighted by molar-refractivity contribution is 0.0979. The number of para-hydroxylation sites is 1. The van der Waals surface area contributed by atoms with Crippen LogP contribution in [0.1, 0.15) is 40.1 Å². The fourth-order valence-electron chi connectivity index (χ4n) is 3.78. The van der Waals surface area contributed by atoms with Gasteiger partial charge in [-0.1, -0.05) is 30.3 Å². The fourth-order valence-corrected chi connectivity index (χ4v) is 4.84. The second-order valence-electron chi connectivity index (χ2n) is 7.62. The van der Waals surface area contributed by atoms with Crippen LogP contribution in [0.25, 0.3) is 0 Å². The lowest BCUT2D eigenvalue weighted by Gasteiger charge is -2.23. The average Bonchev–Trinajstić information content (AvgIpc) is 3.09. The van der Waals surface area contributed by atoms with Gasteiger partial charge in [-0.2, -0.15) is 0 Å². The Labute approximate surface area is 181 Å². The van der Waals surface area contributed by atoms with Gasteiger partial charge >= 0.3 is 0 Å². The molecule has 7 heteroatoms. The van der Waals surface area contributed by atoms with Crippen molar-refractivity contribution in [1.82, 2.24) is 0 Å². The number of hydrogen-bond donors (Lipinski definition) is 1. The standard InChI is InChI=1S/C24H22N2O4S/c1-16-15-20-5-3-4-6-23(20)26(16)24(28)19-7-11-21(12-8-19)25-31(29,30)22-13-9-18(10-14-22)17(2)27/h3-14,16,25H,15H2,1-2H3. The van der Waals surface area contributed by atoms with E-state index in [0.29, 0.717) is 16.8 Å². The van der Waals surface area contributed by atoms with E-state index in [4.69, 9.17) is 0 Å². The molecule has 1 aliphatic heterocycles. The van der Waals surface area contributed by atoms with Gasteiger partial charge in [-0.15, -0.1) is 0 Å². The molecule has 1 heterocycles. The normalized spacial score (nSPS) is 15.4. The number of amides is 1. The van der Waals surface area contributed by atoms with Crippen molar-refractivity contribution in [2.75, 3.05) is 9.62 Å². The van der Waals surface area contributed by atoms with Crippen molar-refractivity contribution in [3.8, 4) is 0 Å². The number of carbonyl (C=O) groups excluding carboxylic acids is 2. The van der Waals surface area contributed by atoms with Crippen LogP contribution < -0.4 is 9.62 Å². The zero-order valence-electron chi connectivity index (χ0n) is 17.2. The number of hydrogen-bond acceptors (Lipinski definition) is 4. The third-order valence-electron chi connectivity index (χ3n) is 5.38. The Kier molecular flexibility index (Phi) is 5.37. The molecule has 0 bridgehead atoms. The van der Waals surface area contributed by atoms with Gasteiger partial charge in [-0.05, 0) is 68.3 Å². The van der Waals surface area contributed by atoms with E-state index >= 15 is 0 Å². The van der Waals surface area contributed by atoms with Gasteiger partial charge in [0.15, 0.2) is 5.78 Å². The predicted molar refractivity (Wildman–Crippen MR) is 120 cm³/mol. The number of rotatable bonds is 5. The number of benzene rings is 3. The summed E-state index contributed by atoms with van der Waals surface area (Å²) in [6.45, 7) is 3.43. The highest BCUT2D eigenvalue weighted by Crippen LogP contribution is 2.33. The molecule has 1 atom stereocenters. The molecule has 0 saturated heterocycles. The van der Waals surface area contributed by atoms with Crippen LogP contribution in [0, 0.1) is 0 Å². The van der Waals surface area contributed by atoms with Crippen molar-refractivity contribution in [3.63, 3.8) is 0 Å². The SMILES string of the molecule is CC(=O)c1ccc(S(=O)(=O)Nc2ccc(C(=O)N3c4ccccc4CC3C)cc2)cc1. The summed E-state index contributed by atoms with van der Waals surface area (Å²) in [5.74, 6) is -0.251. The van der Waals surface area contributed by atoms with E-state index in [1.165, 1.54) is 31.2 Å². The maximum absolute atomic E-state index is 13.1. The third-order valence-corrected chi connectivity index (χ3v) is 6.78. The van der Waals surface area contributed by atoms with Crippen molar-refractivity contribution in [2.45, 2.75) is 31.2 Å². The highest BCUT2D eigenvalue weighted by molar-refractivity contribution is 7.92. The summed E-state index contributed by atoms with van der Waals surface area (Å²) in [6, 6.07) is 20.0. The van der Waals surface area contributed by atoms with Gasteiger partial charge < -0.3 is 4.90 Å². The first kappa shape index (κ1) is 20.8. The zero-order chi connectivity index (χ0) is 22.2. The van der Waals surface area contributed by atoms with E-state index in [-0.39, 0.29) is 22.6 Å². The Morgan fingerprint density at radius 2 is 1.52 bits per heavy atom. The van der Waals surface area contributed by atoms with E-state index < -0.39 is 10.0 Å². The number of anilines is 2. The largest absolute Gasteiger partial charge is 0.305 e. The van der Waals surface area contributed by atoms with Crippen LogP contribution in [-0.4, -0.2) is 26.2 Å². The molecule has 1 aliphatic rings. The Morgan fingerprint density at radius 3 is 2.16 bits per heavy atom. The first-order chi connectivity index (χ1) is 14.8. The van der Waals surface area contributed by atoms with E-state index in [1.807, 2.05) is 31.2 Å². The lowest BCUT2D eigenvalue weighted by Crippen LogP contribution is -2.35. The van der Waals surface area contributed by atoms with Crippen LogP contribution in [0.4, 0.5) is 11.4 Å². The monoisotopic (exact) mass is 434 g/mol. The number of Topliss-reactive ketones (excluding diaryl/α,β-unsaturated/α-hetero) is 1. The molecule has 3 aromatic rings. The van der Waals surface area contributed by atoms with Crippen molar-refractivity contribution in [2.24, 2.45) is 0 Å². The van der Waals surface area contributed by atoms with Crippen LogP contribution in [0.5, 0.6) is 0 Å². The maximum Gasteiger partial charge on any atom is 0.261 e. The molecule has 0 spiro atoms. The van der Waals surface area contributed by atoms with Crippen LogP contribution in [0.3, 0.4) is 0 Å². The summed E-state index contributed by atoms with van der Waals surface area (Å²) in [7, 11) is -3.81. The van der Waals surface area contributed by atoms with E-state index in [2.05, 4.69) is 4.72 Å². The zero-order valence-corrected chi connectivity index (χ0v) is 18.0. The van der Waals surface area contributed by atoms with Gasteiger partial charge in [0.25, 0.3) is 15.9 Å². The molecule has 31 heavy (non-hydrogen) atoms. The summed E-state index contributed by atoms with van der Waals surface area (Å²) in [5.41, 5.74) is 3.33. The second-order valence-corrected chi connectivity index (χ2v) is 9.30. The highest BCUT2D eigenvalue weighted by Gasteiger charge is 2.31. The molecule has 0 radical (unpaired) electrons. The highest BCUT2D eigenvalue weighted by atomic mass is 32.2. The van der Waals surface area contributed by atoms with Crippen LogP contribution in [-0.2, 0) is 16.4 Å². The van der Waals surface area contributed by atoms with E-state index in [0.717, 1.165) is 17.7 Å². The topological polar surface area (TPSA) is 83.5 Å². The number of sulfonamides is 1. The first-order valence-electron chi connectivity index (χ1n) is 9.91. The summed E-state index contributed by atoms with van der Waals surface area (Å²) in [6.07, 6.45) is 0.808. The van der Waals surface area contributed by atoms with Gasteiger partial charge in [-0.25, -0.2) is 8.42 Å². The minimum Gasteiger partial charge on any atom is -0.305 e. The smallest absolute Gasteiger partial charge is 0.261 e. The van der Waals surface area contributed by atoms with Crippen molar-refractivity contribution >= 4 is 33.1 Å². The van der Waals surface area contributed by atoms with Gasteiger partial charge in [0.05, 0.1) is 4.90 Å². The molecule has 0 fully saturated rings. The number of nitrogens with one attached hydrogen (secondary N) is 1.